The molecule has 0 unspecified atom stereocenters. The minimum atomic E-state index is -0.487. The van der Waals surface area contributed by atoms with Gasteiger partial charge in [-0.2, -0.15) is 0 Å². The van der Waals surface area contributed by atoms with Crippen molar-refractivity contribution in [1.29, 1.82) is 0 Å². The molecule has 0 aliphatic carbocycles. The topological polar surface area (TPSA) is 92.5 Å². The molecule has 1 aliphatic rings. The second-order valence-electron chi connectivity index (χ2n) is 5.28. The van der Waals surface area contributed by atoms with Gasteiger partial charge in [0.1, 0.15) is 11.0 Å². The Morgan fingerprint density at radius 1 is 1.12 bits per heavy atom. The number of piperazine rings is 1. The zero-order chi connectivity index (χ0) is 17.1. The third-order valence-electron chi connectivity index (χ3n) is 3.81. The maximum absolute atomic E-state index is 12.5. The highest BCUT2D eigenvalue weighted by Gasteiger charge is 2.23. The van der Waals surface area contributed by atoms with Gasteiger partial charge in [-0.05, 0) is 12.1 Å². The van der Waals surface area contributed by atoms with Gasteiger partial charge in [0.15, 0.2) is 0 Å². The van der Waals surface area contributed by atoms with Gasteiger partial charge in [-0.3, -0.25) is 19.9 Å². The Balaban J connectivity index is 1.63. The van der Waals surface area contributed by atoms with Crippen LogP contribution in [0.2, 0.25) is 5.15 Å². The van der Waals surface area contributed by atoms with Crippen LogP contribution in [0.15, 0.2) is 36.7 Å². The molecule has 1 aromatic carbocycles. The zero-order valence-electron chi connectivity index (χ0n) is 12.6. The number of rotatable bonds is 3. The van der Waals surface area contributed by atoms with Crippen molar-refractivity contribution in [2.24, 2.45) is 0 Å². The SMILES string of the molecule is O=C(c1ccc([N+](=O)[O-])cc1)N1CCN(c2cncc(Cl)n2)CC1. The molecular weight excluding hydrogens is 334 g/mol. The summed E-state index contributed by atoms with van der Waals surface area (Å²) in [5.74, 6) is 0.548. The number of non-ortho nitro benzene ring substituents is 1. The number of hydrogen-bond acceptors (Lipinski definition) is 6. The van der Waals surface area contributed by atoms with E-state index in [1.807, 2.05) is 4.90 Å². The highest BCUT2D eigenvalue weighted by molar-refractivity contribution is 6.29. The summed E-state index contributed by atoms with van der Waals surface area (Å²) in [6, 6.07) is 5.64. The highest BCUT2D eigenvalue weighted by Crippen LogP contribution is 2.17. The molecule has 0 bridgehead atoms. The van der Waals surface area contributed by atoms with Crippen molar-refractivity contribution in [2.75, 3.05) is 31.1 Å². The number of hydrogen-bond donors (Lipinski definition) is 0. The molecule has 0 saturated carbocycles. The molecule has 0 spiro atoms. The molecule has 1 aromatic heterocycles. The van der Waals surface area contributed by atoms with Crippen molar-refractivity contribution in [2.45, 2.75) is 0 Å². The Labute approximate surface area is 142 Å². The normalized spacial score (nSPS) is 14.5. The van der Waals surface area contributed by atoms with Gasteiger partial charge in [-0.25, -0.2) is 4.98 Å². The van der Waals surface area contributed by atoms with E-state index >= 15 is 0 Å². The third kappa shape index (κ3) is 3.43. The Kier molecular flexibility index (Phi) is 4.57. The van der Waals surface area contributed by atoms with Crippen LogP contribution in [0.25, 0.3) is 0 Å². The summed E-state index contributed by atoms with van der Waals surface area (Å²) in [6.45, 7) is 2.30. The van der Waals surface area contributed by atoms with Crippen molar-refractivity contribution >= 4 is 29.0 Å². The number of nitro groups is 1. The number of anilines is 1. The average Bonchev–Trinajstić information content (AvgIpc) is 2.61. The van der Waals surface area contributed by atoms with Crippen molar-refractivity contribution < 1.29 is 9.72 Å². The maximum Gasteiger partial charge on any atom is 0.269 e. The summed E-state index contributed by atoms with van der Waals surface area (Å²) in [5, 5.41) is 11.0. The number of aromatic nitrogens is 2. The molecule has 0 N–H and O–H groups in total. The molecule has 1 aliphatic heterocycles. The van der Waals surface area contributed by atoms with E-state index in [1.165, 1.54) is 30.5 Å². The van der Waals surface area contributed by atoms with Crippen LogP contribution in [-0.4, -0.2) is 51.9 Å². The maximum atomic E-state index is 12.5. The van der Waals surface area contributed by atoms with Gasteiger partial charge in [0.2, 0.25) is 0 Å². The molecule has 2 heterocycles. The highest BCUT2D eigenvalue weighted by atomic mass is 35.5. The molecule has 0 radical (unpaired) electrons. The van der Waals surface area contributed by atoms with Gasteiger partial charge < -0.3 is 9.80 Å². The van der Waals surface area contributed by atoms with E-state index in [0.29, 0.717) is 42.7 Å². The van der Waals surface area contributed by atoms with Crippen LogP contribution in [0.5, 0.6) is 0 Å². The van der Waals surface area contributed by atoms with E-state index in [-0.39, 0.29) is 11.6 Å². The second kappa shape index (κ2) is 6.79. The summed E-state index contributed by atoms with van der Waals surface area (Å²) in [7, 11) is 0. The van der Waals surface area contributed by atoms with Crippen LogP contribution >= 0.6 is 11.6 Å². The molecule has 0 atom stereocenters. The molecule has 2 aromatic rings. The smallest absolute Gasteiger partial charge is 0.269 e. The van der Waals surface area contributed by atoms with Crippen LogP contribution in [0, 0.1) is 10.1 Å². The predicted molar refractivity (Wildman–Crippen MR) is 88.3 cm³/mol. The first-order valence-electron chi connectivity index (χ1n) is 7.31. The van der Waals surface area contributed by atoms with E-state index in [9.17, 15) is 14.9 Å². The van der Waals surface area contributed by atoms with Crippen LogP contribution < -0.4 is 4.90 Å². The number of carbonyl (C=O) groups excluding carboxylic acids is 1. The molecule has 1 amide bonds. The summed E-state index contributed by atoms with van der Waals surface area (Å²) in [6.07, 6.45) is 3.11. The van der Waals surface area contributed by atoms with Gasteiger partial charge in [0.25, 0.3) is 11.6 Å². The van der Waals surface area contributed by atoms with E-state index < -0.39 is 4.92 Å². The number of nitro benzene ring substituents is 1. The lowest BCUT2D eigenvalue weighted by Gasteiger charge is -2.35. The van der Waals surface area contributed by atoms with Crippen LogP contribution in [0.4, 0.5) is 11.5 Å². The average molecular weight is 348 g/mol. The minimum absolute atomic E-state index is 0.0316. The lowest BCUT2D eigenvalue weighted by Crippen LogP contribution is -2.49. The van der Waals surface area contributed by atoms with Gasteiger partial charge in [0.05, 0.1) is 17.3 Å². The van der Waals surface area contributed by atoms with Crippen molar-refractivity contribution in [1.82, 2.24) is 14.9 Å². The largest absolute Gasteiger partial charge is 0.352 e. The van der Waals surface area contributed by atoms with Crippen LogP contribution in [-0.2, 0) is 0 Å². The molecule has 1 saturated heterocycles. The molecular formula is C15H14ClN5O3. The predicted octanol–water partition coefficient (Wildman–Crippen LogP) is 2.00. The third-order valence-corrected chi connectivity index (χ3v) is 3.99. The van der Waals surface area contributed by atoms with Crippen LogP contribution in [0.1, 0.15) is 10.4 Å². The molecule has 124 valence electrons. The van der Waals surface area contributed by atoms with Gasteiger partial charge in [0, 0.05) is 43.9 Å². The molecule has 3 rings (SSSR count). The summed E-state index contributed by atoms with van der Waals surface area (Å²) in [4.78, 5) is 34.6. The van der Waals surface area contributed by atoms with Crippen molar-refractivity contribution in [3.8, 4) is 0 Å². The second-order valence-corrected chi connectivity index (χ2v) is 5.67. The molecule has 8 nitrogen and oxygen atoms in total. The summed E-state index contributed by atoms with van der Waals surface area (Å²) < 4.78 is 0. The lowest BCUT2D eigenvalue weighted by molar-refractivity contribution is -0.384. The van der Waals surface area contributed by atoms with E-state index in [4.69, 9.17) is 11.6 Å². The Morgan fingerprint density at radius 3 is 2.38 bits per heavy atom. The first-order chi connectivity index (χ1) is 11.5. The fourth-order valence-electron chi connectivity index (χ4n) is 2.53. The summed E-state index contributed by atoms with van der Waals surface area (Å²) in [5.41, 5.74) is 0.410. The van der Waals surface area contributed by atoms with E-state index in [2.05, 4.69) is 9.97 Å². The number of benzene rings is 1. The molecule has 9 heteroatoms. The zero-order valence-corrected chi connectivity index (χ0v) is 13.4. The standard InChI is InChI=1S/C15H14ClN5O3/c16-13-9-17-10-14(18-13)19-5-7-20(8-6-19)15(22)11-1-3-12(4-2-11)21(23)24/h1-4,9-10H,5-8H2. The number of carbonyl (C=O) groups is 1. The fourth-order valence-corrected chi connectivity index (χ4v) is 2.67. The number of halogens is 1. The first-order valence-corrected chi connectivity index (χ1v) is 7.68. The monoisotopic (exact) mass is 347 g/mol. The molecule has 24 heavy (non-hydrogen) atoms. The summed E-state index contributed by atoms with van der Waals surface area (Å²) >= 11 is 5.85. The van der Waals surface area contributed by atoms with Gasteiger partial charge in [-0.15, -0.1) is 0 Å². The fraction of sp³-hybridized carbons (Fsp3) is 0.267. The first kappa shape index (κ1) is 16.1. The molecule has 1 fully saturated rings. The van der Waals surface area contributed by atoms with E-state index in [0.717, 1.165) is 0 Å². The number of amides is 1. The Hall–Kier alpha value is -2.74. The van der Waals surface area contributed by atoms with Crippen molar-refractivity contribution in [3.63, 3.8) is 0 Å². The van der Waals surface area contributed by atoms with E-state index in [1.54, 1.807) is 11.1 Å². The lowest BCUT2D eigenvalue weighted by atomic mass is 10.1. The quantitative estimate of drug-likeness (QED) is 0.622. The van der Waals surface area contributed by atoms with Crippen molar-refractivity contribution in [3.05, 3.63) is 57.5 Å². The Morgan fingerprint density at radius 2 is 1.79 bits per heavy atom. The Bertz CT molecular complexity index is 760. The van der Waals surface area contributed by atoms with Gasteiger partial charge in [-0.1, -0.05) is 11.6 Å². The number of nitrogens with zero attached hydrogens (tertiary/aromatic N) is 5. The van der Waals surface area contributed by atoms with Crippen LogP contribution in [0.3, 0.4) is 0 Å². The van der Waals surface area contributed by atoms with Gasteiger partial charge >= 0.3 is 0 Å². The minimum Gasteiger partial charge on any atom is -0.352 e.